The van der Waals surface area contributed by atoms with Crippen LogP contribution in [0.15, 0.2) is 78.9 Å². The van der Waals surface area contributed by atoms with E-state index in [0.29, 0.717) is 41.5 Å². The summed E-state index contributed by atoms with van der Waals surface area (Å²) in [6.45, 7) is 2.98. The highest BCUT2D eigenvalue weighted by molar-refractivity contribution is 7.99. The van der Waals surface area contributed by atoms with Crippen molar-refractivity contribution in [1.29, 1.82) is 0 Å². The molecular formula is C29H27ClFN3O3S. The predicted octanol–water partition coefficient (Wildman–Crippen LogP) is 5.11. The lowest BCUT2D eigenvalue weighted by molar-refractivity contribution is -0.137. The summed E-state index contributed by atoms with van der Waals surface area (Å²) in [7, 11) is 0. The molecule has 2 aliphatic rings. The van der Waals surface area contributed by atoms with Crippen LogP contribution in [0.1, 0.15) is 38.6 Å². The van der Waals surface area contributed by atoms with Crippen LogP contribution < -0.4 is 0 Å². The lowest BCUT2D eigenvalue weighted by Gasteiger charge is -2.41. The zero-order valence-electron chi connectivity index (χ0n) is 20.8. The fourth-order valence-corrected chi connectivity index (χ4v) is 6.66. The third-order valence-corrected chi connectivity index (χ3v) is 8.65. The van der Waals surface area contributed by atoms with E-state index in [-0.39, 0.29) is 29.6 Å². The number of rotatable bonds is 4. The Labute approximate surface area is 230 Å². The Morgan fingerprint density at radius 3 is 2.26 bits per heavy atom. The van der Waals surface area contributed by atoms with E-state index in [4.69, 9.17) is 11.6 Å². The molecule has 9 heteroatoms. The monoisotopic (exact) mass is 551 g/mol. The standard InChI is InChI=1S/C29H27ClFN3O3S/c1-19-17-32(15-16-33(19)27(36)23-9-5-6-10-24(23)30)28(37)25-18-38-29(21-11-13-22(31)14-12-21)34(25)26(35)20-7-3-2-4-8-20/h2-14,19,25,29H,15-18H2,1H3. The first kappa shape index (κ1) is 26.3. The van der Waals surface area contributed by atoms with Crippen LogP contribution in [-0.2, 0) is 4.79 Å². The van der Waals surface area contributed by atoms with Gasteiger partial charge in [-0.2, -0.15) is 0 Å². The van der Waals surface area contributed by atoms with Crippen molar-refractivity contribution in [3.63, 3.8) is 0 Å². The summed E-state index contributed by atoms with van der Waals surface area (Å²) < 4.78 is 13.6. The SMILES string of the molecule is CC1CN(C(=O)C2CSC(c3ccc(F)cc3)N2C(=O)c2ccccc2)CCN1C(=O)c1ccccc1Cl. The topological polar surface area (TPSA) is 60.9 Å². The first-order valence-corrected chi connectivity index (χ1v) is 13.9. The Balaban J connectivity index is 1.36. The quantitative estimate of drug-likeness (QED) is 0.452. The van der Waals surface area contributed by atoms with Crippen LogP contribution in [0.5, 0.6) is 0 Å². The zero-order valence-corrected chi connectivity index (χ0v) is 22.4. The molecule has 0 N–H and O–H groups in total. The second-order valence-corrected chi connectivity index (χ2v) is 11.0. The van der Waals surface area contributed by atoms with Gasteiger partial charge in [-0.3, -0.25) is 14.4 Å². The van der Waals surface area contributed by atoms with E-state index >= 15 is 0 Å². The molecule has 0 aliphatic carbocycles. The van der Waals surface area contributed by atoms with Crippen molar-refractivity contribution in [2.24, 2.45) is 0 Å². The smallest absolute Gasteiger partial charge is 0.255 e. The van der Waals surface area contributed by atoms with Gasteiger partial charge in [-0.25, -0.2) is 4.39 Å². The van der Waals surface area contributed by atoms with Crippen LogP contribution in [0.25, 0.3) is 0 Å². The van der Waals surface area contributed by atoms with E-state index in [2.05, 4.69) is 0 Å². The van der Waals surface area contributed by atoms with Crippen molar-refractivity contribution in [3.05, 3.63) is 106 Å². The number of carbonyl (C=O) groups excluding carboxylic acids is 3. The van der Waals surface area contributed by atoms with Gasteiger partial charge in [-0.15, -0.1) is 11.8 Å². The minimum atomic E-state index is -0.680. The molecule has 0 spiro atoms. The lowest BCUT2D eigenvalue weighted by atomic mass is 10.1. The molecule has 0 aromatic heterocycles. The van der Waals surface area contributed by atoms with Gasteiger partial charge < -0.3 is 14.7 Å². The number of amides is 3. The number of nitrogens with zero attached hydrogens (tertiary/aromatic N) is 3. The second-order valence-electron chi connectivity index (χ2n) is 9.44. The Kier molecular flexibility index (Phi) is 7.72. The zero-order chi connectivity index (χ0) is 26.8. The molecule has 0 bridgehead atoms. The normalized spacial score (nSPS) is 21.4. The van der Waals surface area contributed by atoms with Crippen molar-refractivity contribution in [2.75, 3.05) is 25.4 Å². The number of hydrogen-bond acceptors (Lipinski definition) is 4. The number of thioether (sulfide) groups is 1. The third-order valence-electron chi connectivity index (χ3n) is 7.00. The molecule has 2 fully saturated rings. The van der Waals surface area contributed by atoms with Crippen molar-refractivity contribution < 1.29 is 18.8 Å². The Morgan fingerprint density at radius 2 is 1.58 bits per heavy atom. The van der Waals surface area contributed by atoms with Gasteiger partial charge in [0.05, 0.1) is 10.6 Å². The molecule has 6 nitrogen and oxygen atoms in total. The number of hydrogen-bond donors (Lipinski definition) is 0. The van der Waals surface area contributed by atoms with Gasteiger partial charge in [-0.05, 0) is 48.9 Å². The molecule has 0 saturated carbocycles. The van der Waals surface area contributed by atoms with E-state index in [9.17, 15) is 18.8 Å². The van der Waals surface area contributed by atoms with E-state index < -0.39 is 11.4 Å². The Hall–Kier alpha value is -3.36. The van der Waals surface area contributed by atoms with E-state index in [1.807, 2.05) is 13.0 Å². The maximum atomic E-state index is 13.9. The van der Waals surface area contributed by atoms with Gasteiger partial charge in [-0.1, -0.05) is 54.1 Å². The molecule has 2 aliphatic heterocycles. The molecule has 0 radical (unpaired) electrons. The Morgan fingerprint density at radius 1 is 0.895 bits per heavy atom. The molecular weight excluding hydrogens is 525 g/mol. The summed E-state index contributed by atoms with van der Waals surface area (Å²) in [6.07, 6.45) is 0. The van der Waals surface area contributed by atoms with Crippen molar-refractivity contribution in [2.45, 2.75) is 24.4 Å². The molecule has 5 rings (SSSR count). The van der Waals surface area contributed by atoms with Crippen LogP contribution in [0.2, 0.25) is 5.02 Å². The summed E-state index contributed by atoms with van der Waals surface area (Å²) in [5, 5.41) is -0.0224. The predicted molar refractivity (Wildman–Crippen MR) is 147 cm³/mol. The first-order valence-electron chi connectivity index (χ1n) is 12.4. The summed E-state index contributed by atoms with van der Waals surface area (Å²) in [5.41, 5.74) is 1.69. The van der Waals surface area contributed by atoms with E-state index in [1.54, 1.807) is 75.4 Å². The summed E-state index contributed by atoms with van der Waals surface area (Å²) in [4.78, 5) is 45.8. The molecule has 3 aromatic rings. The highest BCUT2D eigenvalue weighted by Gasteiger charge is 2.45. The molecule has 3 unspecified atom stereocenters. The first-order chi connectivity index (χ1) is 18.3. The van der Waals surface area contributed by atoms with Gasteiger partial charge >= 0.3 is 0 Å². The van der Waals surface area contributed by atoms with E-state index in [0.717, 1.165) is 5.56 Å². The highest BCUT2D eigenvalue weighted by Crippen LogP contribution is 2.43. The number of halogens is 2. The third kappa shape index (κ3) is 5.15. The molecule has 2 saturated heterocycles. The average Bonchev–Trinajstić information content (AvgIpc) is 3.38. The maximum Gasteiger partial charge on any atom is 0.255 e. The van der Waals surface area contributed by atoms with Crippen LogP contribution in [0.4, 0.5) is 4.39 Å². The van der Waals surface area contributed by atoms with Crippen molar-refractivity contribution >= 4 is 41.1 Å². The fraction of sp³-hybridized carbons (Fsp3) is 0.276. The van der Waals surface area contributed by atoms with E-state index in [1.165, 1.54) is 23.9 Å². The minimum Gasteiger partial charge on any atom is -0.337 e. The number of carbonyl (C=O) groups is 3. The van der Waals surface area contributed by atoms with Gasteiger partial charge in [0.1, 0.15) is 17.2 Å². The van der Waals surface area contributed by atoms with Crippen LogP contribution in [0.3, 0.4) is 0 Å². The van der Waals surface area contributed by atoms with Gasteiger partial charge in [0, 0.05) is 37.0 Å². The minimum absolute atomic E-state index is 0.150. The summed E-state index contributed by atoms with van der Waals surface area (Å²) >= 11 is 7.74. The van der Waals surface area contributed by atoms with Crippen molar-refractivity contribution in [1.82, 2.24) is 14.7 Å². The Bertz CT molecular complexity index is 1340. The fourth-order valence-electron chi connectivity index (χ4n) is 5.02. The molecule has 3 aromatic carbocycles. The molecule has 3 atom stereocenters. The summed E-state index contributed by atoms with van der Waals surface area (Å²) in [6, 6.07) is 21.0. The highest BCUT2D eigenvalue weighted by atomic mass is 35.5. The van der Waals surface area contributed by atoms with Crippen LogP contribution in [0, 0.1) is 5.82 Å². The number of benzene rings is 3. The second kappa shape index (κ2) is 11.2. The van der Waals surface area contributed by atoms with Crippen LogP contribution >= 0.6 is 23.4 Å². The molecule has 2 heterocycles. The molecule has 38 heavy (non-hydrogen) atoms. The van der Waals surface area contributed by atoms with Gasteiger partial charge in [0.15, 0.2) is 0 Å². The van der Waals surface area contributed by atoms with Crippen LogP contribution in [-0.4, -0.2) is 69.9 Å². The van der Waals surface area contributed by atoms with Gasteiger partial charge in [0.25, 0.3) is 11.8 Å². The van der Waals surface area contributed by atoms with Gasteiger partial charge in [0.2, 0.25) is 5.91 Å². The maximum absolute atomic E-state index is 13.9. The number of piperazine rings is 1. The average molecular weight is 552 g/mol. The largest absolute Gasteiger partial charge is 0.337 e. The van der Waals surface area contributed by atoms with Crippen molar-refractivity contribution in [3.8, 4) is 0 Å². The molecule has 3 amide bonds. The molecule has 196 valence electrons. The summed E-state index contributed by atoms with van der Waals surface area (Å²) in [5.74, 6) is -0.494. The lowest BCUT2D eigenvalue weighted by Crippen LogP contribution is -2.59.